The number of nitrogens with zero attached hydrogens (tertiary/aromatic N) is 6. The highest BCUT2D eigenvalue weighted by Gasteiger charge is 2.34. The molecule has 5 rings (SSSR count). The number of aromatic nitrogens is 3. The Morgan fingerprint density at radius 1 is 1.05 bits per heavy atom. The number of carbonyl (C=O) groups excluding carboxylic acids is 2. The summed E-state index contributed by atoms with van der Waals surface area (Å²) in [6.45, 7) is 8.10. The van der Waals surface area contributed by atoms with E-state index in [2.05, 4.69) is 26.1 Å². The van der Waals surface area contributed by atoms with Gasteiger partial charge in [0.05, 0.1) is 5.69 Å². The zero-order valence-corrected chi connectivity index (χ0v) is 23.8. The molecule has 3 aromatic rings. The molecule has 0 spiro atoms. The van der Waals surface area contributed by atoms with E-state index >= 15 is 0 Å². The fourth-order valence-corrected chi connectivity index (χ4v) is 5.99. The van der Waals surface area contributed by atoms with Crippen LogP contribution in [0.15, 0.2) is 53.2 Å². The maximum absolute atomic E-state index is 13.8. The highest BCUT2D eigenvalue weighted by atomic mass is 16.5. The molecule has 0 N–H and O–H groups in total. The number of para-hydroxylation sites is 1. The molecule has 40 heavy (non-hydrogen) atoms. The summed E-state index contributed by atoms with van der Waals surface area (Å²) in [4.78, 5) is 42.2. The van der Waals surface area contributed by atoms with Crippen LogP contribution >= 0.6 is 0 Å². The lowest BCUT2D eigenvalue weighted by molar-refractivity contribution is -0.133. The Bertz CT molecular complexity index is 1290. The van der Waals surface area contributed by atoms with Gasteiger partial charge in [0.25, 0.3) is 0 Å². The van der Waals surface area contributed by atoms with E-state index in [4.69, 9.17) is 4.52 Å². The molecule has 2 amide bonds. The number of rotatable bonds is 6. The monoisotopic (exact) mass is 544 g/mol. The number of piperidine rings is 1. The summed E-state index contributed by atoms with van der Waals surface area (Å²) in [5.74, 6) is 1.39. The minimum absolute atomic E-state index is 0.0190. The lowest BCUT2D eigenvalue weighted by atomic mass is 9.92. The number of aryl methyl sites for hydroxylation is 1. The van der Waals surface area contributed by atoms with Crippen LogP contribution in [0, 0.1) is 0 Å². The van der Waals surface area contributed by atoms with Crippen LogP contribution in [-0.2, 0) is 29.1 Å². The Morgan fingerprint density at radius 3 is 2.60 bits per heavy atom. The smallest absolute Gasteiger partial charge is 0.227 e. The van der Waals surface area contributed by atoms with Gasteiger partial charge in [0.15, 0.2) is 5.82 Å². The first-order valence-corrected chi connectivity index (χ1v) is 14.5. The van der Waals surface area contributed by atoms with E-state index in [0.717, 1.165) is 49.2 Å². The quantitative estimate of drug-likeness (QED) is 0.443. The van der Waals surface area contributed by atoms with Crippen molar-refractivity contribution >= 4 is 17.5 Å². The normalized spacial score (nSPS) is 20.2. The molecule has 1 aromatic carbocycles. The first-order valence-electron chi connectivity index (χ1n) is 14.5. The van der Waals surface area contributed by atoms with Gasteiger partial charge in [-0.2, -0.15) is 4.98 Å². The largest absolute Gasteiger partial charge is 0.339 e. The summed E-state index contributed by atoms with van der Waals surface area (Å²) in [5.41, 5.74) is 2.90. The molecule has 0 aliphatic carbocycles. The van der Waals surface area contributed by atoms with Gasteiger partial charge < -0.3 is 14.3 Å². The molecule has 4 heterocycles. The third-order valence-corrected chi connectivity index (χ3v) is 8.13. The van der Waals surface area contributed by atoms with Gasteiger partial charge >= 0.3 is 0 Å². The number of amides is 2. The maximum atomic E-state index is 13.8. The van der Waals surface area contributed by atoms with Crippen LogP contribution < -0.4 is 4.90 Å². The molecule has 0 radical (unpaired) electrons. The molecule has 1 fully saturated rings. The van der Waals surface area contributed by atoms with Gasteiger partial charge in [-0.1, -0.05) is 49.7 Å². The second-order valence-electron chi connectivity index (χ2n) is 11.3. The van der Waals surface area contributed by atoms with Crippen LogP contribution in [0.25, 0.3) is 0 Å². The lowest BCUT2D eigenvalue weighted by Crippen LogP contribution is -2.52. The van der Waals surface area contributed by atoms with Crippen LogP contribution in [-0.4, -0.2) is 61.9 Å². The summed E-state index contributed by atoms with van der Waals surface area (Å²) in [6, 6.07) is 14.5. The lowest BCUT2D eigenvalue weighted by Gasteiger charge is -2.44. The van der Waals surface area contributed by atoms with E-state index in [0.29, 0.717) is 43.8 Å². The van der Waals surface area contributed by atoms with E-state index < -0.39 is 0 Å². The minimum atomic E-state index is 0.0190. The Hall–Kier alpha value is -3.59. The molecule has 9 heteroatoms. The first kappa shape index (κ1) is 28.0. The van der Waals surface area contributed by atoms with Crippen LogP contribution in [0.5, 0.6) is 0 Å². The van der Waals surface area contributed by atoms with Gasteiger partial charge in [0, 0.05) is 75.8 Å². The number of hydrogen-bond donors (Lipinski definition) is 0. The van der Waals surface area contributed by atoms with Crippen LogP contribution in [0.3, 0.4) is 0 Å². The SMILES string of the molecule is CC(=O)N1CCC2CCCC(CN(C(=O)CCc3nc(C(C)C)no3)Cc3ccccc31)N2Cc1ccccn1. The van der Waals surface area contributed by atoms with Gasteiger partial charge in [0.2, 0.25) is 17.7 Å². The van der Waals surface area contributed by atoms with E-state index in [1.54, 1.807) is 6.92 Å². The molecular formula is C31H40N6O3. The Kier molecular flexibility index (Phi) is 8.89. The fourth-order valence-electron chi connectivity index (χ4n) is 5.99. The second kappa shape index (κ2) is 12.7. The summed E-state index contributed by atoms with van der Waals surface area (Å²) in [5, 5.41) is 4.05. The van der Waals surface area contributed by atoms with E-state index in [1.165, 1.54) is 0 Å². The van der Waals surface area contributed by atoms with Crippen LogP contribution in [0.1, 0.15) is 81.8 Å². The topological polar surface area (TPSA) is 95.7 Å². The zero-order valence-electron chi connectivity index (χ0n) is 23.8. The van der Waals surface area contributed by atoms with Crippen LogP contribution in [0.4, 0.5) is 5.69 Å². The zero-order chi connectivity index (χ0) is 28.1. The molecule has 212 valence electrons. The molecule has 0 saturated carbocycles. The molecule has 2 aliphatic heterocycles. The van der Waals surface area contributed by atoms with Crippen molar-refractivity contribution in [3.8, 4) is 0 Å². The van der Waals surface area contributed by atoms with Crippen molar-refractivity contribution in [3.05, 3.63) is 71.6 Å². The minimum Gasteiger partial charge on any atom is -0.339 e. The molecule has 2 atom stereocenters. The van der Waals surface area contributed by atoms with Crippen molar-refractivity contribution < 1.29 is 14.1 Å². The predicted octanol–water partition coefficient (Wildman–Crippen LogP) is 4.73. The van der Waals surface area contributed by atoms with Crippen LogP contribution in [0.2, 0.25) is 0 Å². The Morgan fingerprint density at radius 2 is 1.85 bits per heavy atom. The van der Waals surface area contributed by atoms with Crippen molar-refractivity contribution in [2.75, 3.05) is 18.0 Å². The number of benzene rings is 1. The van der Waals surface area contributed by atoms with Crippen molar-refractivity contribution in [3.63, 3.8) is 0 Å². The Labute approximate surface area is 236 Å². The van der Waals surface area contributed by atoms with E-state index in [-0.39, 0.29) is 30.2 Å². The third-order valence-electron chi connectivity index (χ3n) is 8.13. The van der Waals surface area contributed by atoms with Crippen molar-refractivity contribution in [2.24, 2.45) is 0 Å². The number of hydrogen-bond acceptors (Lipinski definition) is 7. The summed E-state index contributed by atoms with van der Waals surface area (Å²) >= 11 is 0. The second-order valence-corrected chi connectivity index (χ2v) is 11.3. The molecular weight excluding hydrogens is 504 g/mol. The Balaban J connectivity index is 1.45. The number of anilines is 1. The average molecular weight is 545 g/mol. The first-order chi connectivity index (χ1) is 19.4. The number of pyridine rings is 1. The molecule has 9 nitrogen and oxygen atoms in total. The molecule has 2 aliphatic rings. The maximum Gasteiger partial charge on any atom is 0.227 e. The van der Waals surface area contributed by atoms with Crippen molar-refractivity contribution in [1.82, 2.24) is 24.9 Å². The molecule has 2 unspecified atom stereocenters. The molecule has 1 saturated heterocycles. The summed E-state index contributed by atoms with van der Waals surface area (Å²) in [7, 11) is 0. The van der Waals surface area contributed by atoms with E-state index in [9.17, 15) is 9.59 Å². The number of fused-ring (bicyclic) bond motifs is 3. The van der Waals surface area contributed by atoms with Crippen molar-refractivity contribution in [2.45, 2.75) is 90.4 Å². The van der Waals surface area contributed by atoms with Gasteiger partial charge in [-0.15, -0.1) is 0 Å². The highest BCUT2D eigenvalue weighted by molar-refractivity contribution is 5.92. The van der Waals surface area contributed by atoms with Gasteiger partial charge in [-0.25, -0.2) is 0 Å². The summed E-state index contributed by atoms with van der Waals surface area (Å²) < 4.78 is 5.42. The highest BCUT2D eigenvalue weighted by Crippen LogP contribution is 2.31. The average Bonchev–Trinajstić information content (AvgIpc) is 3.43. The predicted molar refractivity (Wildman–Crippen MR) is 152 cm³/mol. The number of carbonyl (C=O) groups is 2. The van der Waals surface area contributed by atoms with E-state index in [1.807, 2.05) is 66.2 Å². The van der Waals surface area contributed by atoms with Crippen molar-refractivity contribution in [1.29, 1.82) is 0 Å². The van der Waals surface area contributed by atoms with Gasteiger partial charge in [0.1, 0.15) is 0 Å². The molecule has 2 aromatic heterocycles. The van der Waals surface area contributed by atoms with Gasteiger partial charge in [-0.05, 0) is 43.0 Å². The fraction of sp³-hybridized carbons (Fsp3) is 0.516. The van der Waals surface area contributed by atoms with Gasteiger partial charge in [-0.3, -0.25) is 19.5 Å². The third kappa shape index (κ3) is 6.58. The standard InChI is InChI=1S/C31H40N6O3/c1-22(2)31-33-29(40-34-31)14-15-30(39)35-19-24-9-4-5-13-28(24)36(23(3)38)18-16-26-11-8-12-27(21-35)37(26)20-25-10-6-7-17-32-25/h4-7,9-10,13,17,22,26-27H,8,11-12,14-16,18-21H2,1-3H3. The molecule has 2 bridgehead atoms. The summed E-state index contributed by atoms with van der Waals surface area (Å²) in [6.07, 6.45) is 6.59.